The van der Waals surface area contributed by atoms with Crippen molar-refractivity contribution in [2.45, 2.75) is 19.0 Å². The summed E-state index contributed by atoms with van der Waals surface area (Å²) in [6, 6.07) is 5.21. The van der Waals surface area contributed by atoms with E-state index >= 15 is 0 Å². The van der Waals surface area contributed by atoms with Crippen molar-refractivity contribution < 1.29 is 4.39 Å². The van der Waals surface area contributed by atoms with E-state index in [0.717, 1.165) is 31.6 Å². The van der Waals surface area contributed by atoms with Gasteiger partial charge in [0.15, 0.2) is 0 Å². The van der Waals surface area contributed by atoms with Gasteiger partial charge in [0.05, 0.1) is 5.02 Å². The topological polar surface area (TPSA) is 29.3 Å². The number of hydrogen-bond acceptors (Lipinski definition) is 2. The van der Waals surface area contributed by atoms with Crippen LogP contribution in [0.15, 0.2) is 18.2 Å². The summed E-state index contributed by atoms with van der Waals surface area (Å²) in [5, 5.41) is 0.178. The van der Waals surface area contributed by atoms with Crippen molar-refractivity contribution >= 4 is 11.6 Å². The first-order chi connectivity index (χ1) is 7.15. The van der Waals surface area contributed by atoms with Crippen LogP contribution >= 0.6 is 11.6 Å². The van der Waals surface area contributed by atoms with Gasteiger partial charge >= 0.3 is 0 Å². The van der Waals surface area contributed by atoms with Crippen LogP contribution in [0.2, 0.25) is 5.02 Å². The monoisotopic (exact) mass is 228 g/mol. The molecular weight excluding hydrogens is 215 g/mol. The maximum atomic E-state index is 13.2. The Bertz CT molecular complexity index is 356. The second-order valence-corrected chi connectivity index (χ2v) is 4.44. The fourth-order valence-electron chi connectivity index (χ4n) is 1.90. The number of hydrogen-bond donors (Lipinski definition) is 1. The number of rotatable bonds is 2. The summed E-state index contributed by atoms with van der Waals surface area (Å²) < 4.78 is 13.2. The lowest BCUT2D eigenvalue weighted by Gasteiger charge is -2.15. The summed E-state index contributed by atoms with van der Waals surface area (Å²) in [5.74, 6) is -0.349. The van der Waals surface area contributed by atoms with Gasteiger partial charge in [0, 0.05) is 25.7 Å². The highest BCUT2D eigenvalue weighted by molar-refractivity contribution is 6.30. The second-order valence-electron chi connectivity index (χ2n) is 4.03. The highest BCUT2D eigenvalue weighted by atomic mass is 35.5. The van der Waals surface area contributed by atoms with Gasteiger partial charge in [-0.1, -0.05) is 17.7 Å². The fourth-order valence-corrected chi connectivity index (χ4v) is 2.02. The van der Waals surface area contributed by atoms with Gasteiger partial charge in [0.1, 0.15) is 5.82 Å². The smallest absolute Gasteiger partial charge is 0.142 e. The lowest BCUT2D eigenvalue weighted by molar-refractivity contribution is 0.326. The van der Waals surface area contributed by atoms with E-state index in [9.17, 15) is 4.39 Å². The van der Waals surface area contributed by atoms with Gasteiger partial charge in [-0.25, -0.2) is 4.39 Å². The molecule has 1 aromatic carbocycles. The highest BCUT2D eigenvalue weighted by Gasteiger charge is 2.18. The Hall–Kier alpha value is -0.640. The van der Waals surface area contributed by atoms with Crippen molar-refractivity contribution in [2.24, 2.45) is 5.73 Å². The van der Waals surface area contributed by atoms with Gasteiger partial charge in [0.25, 0.3) is 0 Å². The summed E-state index contributed by atoms with van der Waals surface area (Å²) in [6.45, 7) is 2.64. The zero-order valence-electron chi connectivity index (χ0n) is 8.42. The Morgan fingerprint density at radius 3 is 2.93 bits per heavy atom. The minimum Gasteiger partial charge on any atom is -0.326 e. The molecule has 0 saturated carbocycles. The lowest BCUT2D eigenvalue weighted by atomic mass is 10.2. The lowest BCUT2D eigenvalue weighted by Crippen LogP contribution is -2.26. The first-order valence-electron chi connectivity index (χ1n) is 5.07. The average molecular weight is 229 g/mol. The summed E-state index contributed by atoms with van der Waals surface area (Å²) in [7, 11) is 0. The van der Waals surface area contributed by atoms with Crippen LogP contribution in [0.3, 0.4) is 0 Å². The first kappa shape index (κ1) is 10.9. The third-order valence-electron chi connectivity index (χ3n) is 2.70. The van der Waals surface area contributed by atoms with E-state index in [1.807, 2.05) is 6.07 Å². The first-order valence-corrected chi connectivity index (χ1v) is 5.45. The number of nitrogens with two attached hydrogens (primary N) is 1. The largest absolute Gasteiger partial charge is 0.326 e. The molecule has 82 valence electrons. The van der Waals surface area contributed by atoms with Crippen LogP contribution in [-0.4, -0.2) is 24.0 Å². The zero-order valence-corrected chi connectivity index (χ0v) is 9.17. The molecule has 0 amide bonds. The van der Waals surface area contributed by atoms with E-state index in [4.69, 9.17) is 17.3 Å². The Morgan fingerprint density at radius 1 is 1.53 bits per heavy atom. The molecule has 1 fully saturated rings. The third kappa shape index (κ3) is 2.68. The summed E-state index contributed by atoms with van der Waals surface area (Å²) in [4.78, 5) is 2.23. The van der Waals surface area contributed by atoms with Crippen molar-refractivity contribution in [1.82, 2.24) is 4.90 Å². The molecule has 2 nitrogen and oxygen atoms in total. The molecule has 0 spiro atoms. The van der Waals surface area contributed by atoms with E-state index in [0.29, 0.717) is 0 Å². The molecule has 2 rings (SSSR count). The van der Waals surface area contributed by atoms with Gasteiger partial charge in [0.2, 0.25) is 0 Å². The molecule has 1 aliphatic rings. The number of likely N-dealkylation sites (tertiary alicyclic amines) is 1. The molecule has 0 radical (unpaired) electrons. The number of halogens is 2. The van der Waals surface area contributed by atoms with E-state index in [1.165, 1.54) is 6.07 Å². The SMILES string of the molecule is N[C@@H]1CCN(Cc2ccc(Cl)c(F)c2)C1. The van der Waals surface area contributed by atoms with Crippen molar-refractivity contribution in [3.05, 3.63) is 34.6 Å². The average Bonchev–Trinajstić information content (AvgIpc) is 2.58. The predicted molar refractivity (Wildman–Crippen MR) is 59.3 cm³/mol. The van der Waals surface area contributed by atoms with Gasteiger partial charge in [-0.15, -0.1) is 0 Å². The Labute approximate surface area is 93.8 Å². The van der Waals surface area contributed by atoms with E-state index in [2.05, 4.69) is 4.90 Å². The molecule has 0 aliphatic carbocycles. The summed E-state index contributed by atoms with van der Waals surface area (Å²) >= 11 is 5.61. The van der Waals surface area contributed by atoms with Gasteiger partial charge < -0.3 is 5.73 Å². The van der Waals surface area contributed by atoms with Gasteiger partial charge in [-0.3, -0.25) is 4.90 Å². The molecule has 0 bridgehead atoms. The maximum Gasteiger partial charge on any atom is 0.142 e. The maximum absolute atomic E-state index is 13.2. The van der Waals surface area contributed by atoms with Crippen molar-refractivity contribution in [1.29, 1.82) is 0 Å². The van der Waals surface area contributed by atoms with Crippen LogP contribution in [0.4, 0.5) is 4.39 Å². The van der Waals surface area contributed by atoms with Crippen LogP contribution in [-0.2, 0) is 6.54 Å². The van der Waals surface area contributed by atoms with E-state index in [1.54, 1.807) is 6.07 Å². The molecular formula is C11H14ClFN2. The van der Waals surface area contributed by atoms with Crippen LogP contribution in [0.5, 0.6) is 0 Å². The molecule has 1 atom stereocenters. The normalized spacial score (nSPS) is 22.2. The molecule has 0 aromatic heterocycles. The molecule has 1 aromatic rings. The highest BCUT2D eigenvalue weighted by Crippen LogP contribution is 2.18. The fraction of sp³-hybridized carbons (Fsp3) is 0.455. The molecule has 1 saturated heterocycles. The van der Waals surface area contributed by atoms with Crippen molar-refractivity contribution in [3.8, 4) is 0 Å². The zero-order chi connectivity index (χ0) is 10.8. The van der Waals surface area contributed by atoms with Crippen LogP contribution in [0, 0.1) is 5.82 Å². The van der Waals surface area contributed by atoms with Crippen LogP contribution in [0.25, 0.3) is 0 Å². The molecule has 15 heavy (non-hydrogen) atoms. The Kier molecular flexibility index (Phi) is 3.24. The third-order valence-corrected chi connectivity index (χ3v) is 3.01. The van der Waals surface area contributed by atoms with Crippen LogP contribution < -0.4 is 5.73 Å². The van der Waals surface area contributed by atoms with Crippen LogP contribution in [0.1, 0.15) is 12.0 Å². The molecule has 1 aliphatic heterocycles. The Balaban J connectivity index is 2.02. The Morgan fingerprint density at radius 2 is 2.33 bits per heavy atom. The van der Waals surface area contributed by atoms with E-state index in [-0.39, 0.29) is 16.9 Å². The van der Waals surface area contributed by atoms with E-state index < -0.39 is 0 Å². The minimum absolute atomic E-state index is 0.178. The molecule has 2 N–H and O–H groups in total. The predicted octanol–water partition coefficient (Wildman–Crippen LogP) is 2.01. The van der Waals surface area contributed by atoms with Crippen molar-refractivity contribution in [2.75, 3.05) is 13.1 Å². The van der Waals surface area contributed by atoms with Gasteiger partial charge in [-0.2, -0.15) is 0 Å². The second kappa shape index (κ2) is 4.47. The molecule has 0 unspecified atom stereocenters. The summed E-state index contributed by atoms with van der Waals surface area (Å²) in [6.07, 6.45) is 1.02. The minimum atomic E-state index is -0.349. The quantitative estimate of drug-likeness (QED) is 0.839. The summed E-state index contributed by atoms with van der Waals surface area (Å²) in [5.41, 5.74) is 6.75. The van der Waals surface area contributed by atoms with Gasteiger partial charge in [-0.05, 0) is 24.1 Å². The van der Waals surface area contributed by atoms with Crippen molar-refractivity contribution in [3.63, 3.8) is 0 Å². The molecule has 4 heteroatoms. The number of nitrogens with zero attached hydrogens (tertiary/aromatic N) is 1. The standard InChI is InChI=1S/C11H14ClFN2/c12-10-2-1-8(5-11(10)13)6-15-4-3-9(14)7-15/h1-2,5,9H,3-4,6-7,14H2/t9-/m1/s1. The molecule has 1 heterocycles. The number of benzene rings is 1.